The third kappa shape index (κ3) is 4.78. The van der Waals surface area contributed by atoms with Gasteiger partial charge in [0.15, 0.2) is 0 Å². The molecule has 2 atom stereocenters. The molecule has 3 heterocycles. The molecular formula is C21H22ClF3N4O2. The minimum absolute atomic E-state index is 0.0566. The van der Waals surface area contributed by atoms with Crippen molar-refractivity contribution < 1.29 is 23.1 Å². The lowest BCUT2D eigenvalue weighted by Crippen LogP contribution is -2.54. The van der Waals surface area contributed by atoms with Crippen molar-refractivity contribution >= 4 is 23.3 Å². The van der Waals surface area contributed by atoms with E-state index in [1.54, 1.807) is 34.1 Å². The Labute approximate surface area is 182 Å². The molecule has 1 aromatic heterocycles. The molecular weight excluding hydrogens is 433 g/mol. The minimum Gasteiger partial charge on any atom is -0.390 e. The summed E-state index contributed by atoms with van der Waals surface area (Å²) in [6, 6.07) is 8.94. The quantitative estimate of drug-likeness (QED) is 0.773. The highest BCUT2D eigenvalue weighted by Gasteiger charge is 2.38. The molecule has 2 fully saturated rings. The number of alkyl halides is 3. The molecule has 6 nitrogen and oxygen atoms in total. The summed E-state index contributed by atoms with van der Waals surface area (Å²) in [6.45, 7) is 3.04. The Morgan fingerprint density at radius 2 is 1.71 bits per heavy atom. The Kier molecular flexibility index (Phi) is 6.09. The molecule has 31 heavy (non-hydrogen) atoms. The summed E-state index contributed by atoms with van der Waals surface area (Å²) in [6.07, 6.45) is -4.26. The molecule has 0 aliphatic carbocycles. The zero-order valence-corrected chi connectivity index (χ0v) is 17.4. The molecule has 2 aromatic rings. The van der Waals surface area contributed by atoms with Crippen molar-refractivity contribution in [1.82, 2.24) is 14.8 Å². The molecule has 10 heteroatoms. The predicted molar refractivity (Wildman–Crippen MR) is 110 cm³/mol. The monoisotopic (exact) mass is 454 g/mol. The molecule has 2 saturated heterocycles. The molecule has 0 bridgehead atoms. The number of nitrogens with zero attached hydrogens (tertiary/aromatic N) is 4. The smallest absolute Gasteiger partial charge is 0.390 e. The van der Waals surface area contributed by atoms with E-state index in [1.807, 2.05) is 0 Å². The van der Waals surface area contributed by atoms with Gasteiger partial charge in [-0.05, 0) is 36.4 Å². The number of piperazine rings is 1. The van der Waals surface area contributed by atoms with Crippen LogP contribution in [0.3, 0.4) is 0 Å². The largest absolute Gasteiger partial charge is 0.417 e. The molecule has 0 radical (unpaired) electrons. The minimum atomic E-state index is -4.43. The zero-order valence-electron chi connectivity index (χ0n) is 16.6. The van der Waals surface area contributed by atoms with Crippen LogP contribution in [0.15, 0.2) is 42.6 Å². The Hall–Kier alpha value is -2.36. The summed E-state index contributed by atoms with van der Waals surface area (Å²) in [5.41, 5.74) is -0.215. The number of aliphatic hydroxyl groups excluding tert-OH is 1. The lowest BCUT2D eigenvalue weighted by Gasteiger charge is -2.38. The van der Waals surface area contributed by atoms with Gasteiger partial charge < -0.3 is 14.9 Å². The van der Waals surface area contributed by atoms with Crippen molar-refractivity contribution in [1.29, 1.82) is 0 Å². The normalized spacial score (nSPS) is 22.7. The lowest BCUT2D eigenvalue weighted by atomic mass is 10.1. The van der Waals surface area contributed by atoms with Crippen LogP contribution in [0.4, 0.5) is 19.0 Å². The second-order valence-corrected chi connectivity index (χ2v) is 8.21. The first-order valence-corrected chi connectivity index (χ1v) is 10.4. The second-order valence-electron chi connectivity index (χ2n) is 7.78. The molecule has 166 valence electrons. The fourth-order valence-electron chi connectivity index (χ4n) is 4.09. The van der Waals surface area contributed by atoms with Crippen molar-refractivity contribution in [3.8, 4) is 0 Å². The first-order chi connectivity index (χ1) is 14.7. The summed E-state index contributed by atoms with van der Waals surface area (Å²) in [7, 11) is 0. The van der Waals surface area contributed by atoms with E-state index in [2.05, 4.69) is 9.88 Å². The fourth-order valence-corrected chi connectivity index (χ4v) is 4.21. The number of hydrogen-bond acceptors (Lipinski definition) is 5. The summed E-state index contributed by atoms with van der Waals surface area (Å²) in [4.78, 5) is 22.3. The van der Waals surface area contributed by atoms with Gasteiger partial charge in [0.25, 0.3) is 5.91 Å². The van der Waals surface area contributed by atoms with Crippen molar-refractivity contribution in [3.63, 3.8) is 0 Å². The van der Waals surface area contributed by atoms with Gasteiger partial charge in [-0.15, -0.1) is 0 Å². The van der Waals surface area contributed by atoms with Crippen LogP contribution in [0.1, 0.15) is 15.9 Å². The number of aliphatic hydroxyl groups is 1. The second kappa shape index (κ2) is 8.64. The molecule has 2 aliphatic heterocycles. The first-order valence-electron chi connectivity index (χ1n) is 9.97. The van der Waals surface area contributed by atoms with Gasteiger partial charge in [0, 0.05) is 56.1 Å². The van der Waals surface area contributed by atoms with Crippen LogP contribution in [-0.2, 0) is 6.18 Å². The molecule has 2 unspecified atom stereocenters. The van der Waals surface area contributed by atoms with Gasteiger partial charge in [-0.1, -0.05) is 11.6 Å². The van der Waals surface area contributed by atoms with E-state index in [9.17, 15) is 23.1 Å². The average Bonchev–Trinajstić information content (AvgIpc) is 3.15. The molecule has 1 aromatic carbocycles. The van der Waals surface area contributed by atoms with Gasteiger partial charge in [-0.3, -0.25) is 9.69 Å². The number of anilines is 1. The number of halogens is 4. The van der Waals surface area contributed by atoms with E-state index < -0.39 is 17.8 Å². The van der Waals surface area contributed by atoms with Gasteiger partial charge in [-0.25, -0.2) is 4.98 Å². The highest BCUT2D eigenvalue weighted by Crippen LogP contribution is 2.30. The van der Waals surface area contributed by atoms with Gasteiger partial charge in [0.1, 0.15) is 5.82 Å². The van der Waals surface area contributed by atoms with Gasteiger partial charge in [-0.2, -0.15) is 13.2 Å². The number of benzene rings is 1. The summed E-state index contributed by atoms with van der Waals surface area (Å²) in [5, 5.41) is 11.1. The van der Waals surface area contributed by atoms with E-state index in [0.29, 0.717) is 55.7 Å². The standard InChI is InChI=1S/C21H22ClF3N4O2/c22-16-4-1-14(2-5-16)20(31)28-9-7-27(8-10-28)17-12-29(13-18(17)30)19-6-3-15(11-26-19)21(23,24)25/h1-6,11,17-18,30H,7-10,12-13H2. The maximum atomic E-state index is 12.7. The predicted octanol–water partition coefficient (Wildman–Crippen LogP) is 2.76. The van der Waals surface area contributed by atoms with E-state index in [0.717, 1.165) is 12.3 Å². The van der Waals surface area contributed by atoms with Crippen LogP contribution < -0.4 is 4.90 Å². The van der Waals surface area contributed by atoms with E-state index in [4.69, 9.17) is 11.6 Å². The van der Waals surface area contributed by atoms with Crippen molar-refractivity contribution in [2.24, 2.45) is 0 Å². The molecule has 1 N–H and O–H groups in total. The van der Waals surface area contributed by atoms with E-state index in [1.165, 1.54) is 6.07 Å². The average molecular weight is 455 g/mol. The summed E-state index contributed by atoms with van der Waals surface area (Å²) < 4.78 is 38.2. The first kappa shape index (κ1) is 21.9. The Morgan fingerprint density at radius 1 is 1.03 bits per heavy atom. The maximum absolute atomic E-state index is 12.7. The highest BCUT2D eigenvalue weighted by molar-refractivity contribution is 6.30. The van der Waals surface area contributed by atoms with Crippen LogP contribution >= 0.6 is 11.6 Å². The van der Waals surface area contributed by atoms with Crippen LogP contribution in [-0.4, -0.2) is 77.2 Å². The van der Waals surface area contributed by atoms with Gasteiger partial charge in [0.2, 0.25) is 0 Å². The van der Waals surface area contributed by atoms with Crippen molar-refractivity contribution in [3.05, 3.63) is 58.7 Å². The number of aromatic nitrogens is 1. The van der Waals surface area contributed by atoms with Crippen molar-refractivity contribution in [2.45, 2.75) is 18.3 Å². The van der Waals surface area contributed by atoms with Crippen LogP contribution in [0.2, 0.25) is 5.02 Å². The van der Waals surface area contributed by atoms with Crippen LogP contribution in [0.5, 0.6) is 0 Å². The van der Waals surface area contributed by atoms with Crippen molar-refractivity contribution in [2.75, 3.05) is 44.2 Å². The topological polar surface area (TPSA) is 59.9 Å². The fraction of sp³-hybridized carbons (Fsp3) is 0.429. The number of rotatable bonds is 3. The third-order valence-corrected chi connectivity index (χ3v) is 6.07. The van der Waals surface area contributed by atoms with E-state index in [-0.39, 0.29) is 11.9 Å². The molecule has 1 amide bonds. The highest BCUT2D eigenvalue weighted by atomic mass is 35.5. The molecule has 4 rings (SSSR count). The SMILES string of the molecule is O=C(c1ccc(Cl)cc1)N1CCN(C2CN(c3ccc(C(F)(F)F)cn3)CC2O)CC1. The Morgan fingerprint density at radius 3 is 2.29 bits per heavy atom. The number of β-amino-alcohol motifs (C(OH)–C–C–N with tert-alkyl or cyclic N) is 1. The number of hydrogen-bond donors (Lipinski definition) is 1. The van der Waals surface area contributed by atoms with Crippen LogP contribution in [0, 0.1) is 0 Å². The maximum Gasteiger partial charge on any atom is 0.417 e. The Bertz CT molecular complexity index is 916. The number of carbonyl (C=O) groups is 1. The number of amides is 1. The molecule has 0 saturated carbocycles. The summed E-state index contributed by atoms with van der Waals surface area (Å²) >= 11 is 5.88. The lowest BCUT2D eigenvalue weighted by molar-refractivity contribution is -0.137. The molecule has 0 spiro atoms. The number of pyridine rings is 1. The third-order valence-electron chi connectivity index (χ3n) is 5.82. The zero-order chi connectivity index (χ0) is 22.2. The Balaban J connectivity index is 1.35. The molecule has 2 aliphatic rings. The summed E-state index contributed by atoms with van der Waals surface area (Å²) in [5.74, 6) is 0.352. The van der Waals surface area contributed by atoms with Gasteiger partial charge >= 0.3 is 6.18 Å². The van der Waals surface area contributed by atoms with Gasteiger partial charge in [0.05, 0.1) is 17.7 Å². The van der Waals surface area contributed by atoms with E-state index >= 15 is 0 Å². The number of carbonyl (C=O) groups excluding carboxylic acids is 1. The van der Waals surface area contributed by atoms with Crippen LogP contribution in [0.25, 0.3) is 0 Å².